The van der Waals surface area contributed by atoms with Crippen LogP contribution in [0.15, 0.2) is 30.3 Å². The number of ether oxygens (including phenoxy) is 3. The Morgan fingerprint density at radius 1 is 0.962 bits per heavy atom. The standard InChI is InChI=1S/C18H26N2O6/c1-14(2)17(22)20-9-11-24-10-8-19-16(21)13-26-18(23)25-12-15-6-4-3-5-7-15/h3-7,14H,8-13H2,1-2H3,(H,19,21)(H,20,22). The van der Waals surface area contributed by atoms with Crippen LogP contribution in [-0.4, -0.2) is 50.9 Å². The summed E-state index contributed by atoms with van der Waals surface area (Å²) in [6.45, 7) is 4.64. The van der Waals surface area contributed by atoms with Gasteiger partial charge in [0.1, 0.15) is 6.61 Å². The highest BCUT2D eigenvalue weighted by Crippen LogP contribution is 2.01. The van der Waals surface area contributed by atoms with Gasteiger partial charge in [-0.3, -0.25) is 9.59 Å². The zero-order valence-corrected chi connectivity index (χ0v) is 15.2. The molecule has 2 amide bonds. The molecular formula is C18H26N2O6. The first-order valence-corrected chi connectivity index (χ1v) is 8.44. The van der Waals surface area contributed by atoms with Gasteiger partial charge in [-0.25, -0.2) is 4.79 Å². The molecule has 0 fully saturated rings. The monoisotopic (exact) mass is 366 g/mol. The molecule has 0 bridgehead atoms. The average Bonchev–Trinajstić information content (AvgIpc) is 2.64. The van der Waals surface area contributed by atoms with Gasteiger partial charge < -0.3 is 24.8 Å². The van der Waals surface area contributed by atoms with Gasteiger partial charge in [0.15, 0.2) is 6.61 Å². The summed E-state index contributed by atoms with van der Waals surface area (Å²) in [4.78, 5) is 34.2. The van der Waals surface area contributed by atoms with Crippen molar-refractivity contribution in [2.24, 2.45) is 5.92 Å². The summed E-state index contributed by atoms with van der Waals surface area (Å²) in [7, 11) is 0. The van der Waals surface area contributed by atoms with Crippen molar-refractivity contribution in [3.8, 4) is 0 Å². The summed E-state index contributed by atoms with van der Waals surface area (Å²) in [6.07, 6.45) is -0.902. The Morgan fingerprint density at radius 3 is 2.27 bits per heavy atom. The highest BCUT2D eigenvalue weighted by Gasteiger charge is 2.08. The van der Waals surface area contributed by atoms with Crippen molar-refractivity contribution in [1.82, 2.24) is 10.6 Å². The molecule has 2 N–H and O–H groups in total. The maximum atomic E-state index is 11.5. The molecule has 0 aromatic heterocycles. The van der Waals surface area contributed by atoms with Crippen LogP contribution in [0.4, 0.5) is 4.79 Å². The fourth-order valence-corrected chi connectivity index (χ4v) is 1.75. The molecule has 0 unspecified atom stereocenters. The SMILES string of the molecule is CC(C)C(=O)NCCOCCNC(=O)COC(=O)OCc1ccccc1. The van der Waals surface area contributed by atoms with Gasteiger partial charge in [0, 0.05) is 19.0 Å². The number of carbonyl (C=O) groups is 3. The van der Waals surface area contributed by atoms with Crippen molar-refractivity contribution in [2.45, 2.75) is 20.5 Å². The molecule has 26 heavy (non-hydrogen) atoms. The molecule has 0 heterocycles. The average molecular weight is 366 g/mol. The lowest BCUT2D eigenvalue weighted by molar-refractivity contribution is -0.125. The predicted octanol–water partition coefficient (Wildman–Crippen LogP) is 1.24. The van der Waals surface area contributed by atoms with Crippen molar-refractivity contribution in [3.05, 3.63) is 35.9 Å². The largest absolute Gasteiger partial charge is 0.509 e. The maximum Gasteiger partial charge on any atom is 0.509 e. The zero-order valence-electron chi connectivity index (χ0n) is 15.2. The molecule has 0 saturated carbocycles. The van der Waals surface area contributed by atoms with Gasteiger partial charge in [0.25, 0.3) is 5.91 Å². The second-order valence-electron chi connectivity index (χ2n) is 5.72. The number of rotatable bonds is 11. The van der Waals surface area contributed by atoms with E-state index < -0.39 is 18.7 Å². The molecular weight excluding hydrogens is 340 g/mol. The first-order valence-electron chi connectivity index (χ1n) is 8.44. The van der Waals surface area contributed by atoms with Gasteiger partial charge in [0.05, 0.1) is 13.2 Å². The van der Waals surface area contributed by atoms with Gasteiger partial charge in [-0.05, 0) is 5.56 Å². The quantitative estimate of drug-likeness (QED) is 0.451. The van der Waals surface area contributed by atoms with E-state index in [-0.39, 0.29) is 25.0 Å². The van der Waals surface area contributed by atoms with Gasteiger partial charge in [-0.1, -0.05) is 44.2 Å². The summed E-state index contributed by atoms with van der Waals surface area (Å²) < 4.78 is 14.9. The van der Waals surface area contributed by atoms with E-state index in [4.69, 9.17) is 14.2 Å². The Morgan fingerprint density at radius 2 is 1.62 bits per heavy atom. The molecule has 1 aromatic carbocycles. The number of benzene rings is 1. The fraction of sp³-hybridized carbons (Fsp3) is 0.500. The lowest BCUT2D eigenvalue weighted by atomic mass is 10.2. The van der Waals surface area contributed by atoms with Crippen LogP contribution >= 0.6 is 0 Å². The van der Waals surface area contributed by atoms with E-state index in [0.717, 1.165) is 5.56 Å². The van der Waals surface area contributed by atoms with E-state index >= 15 is 0 Å². The summed E-state index contributed by atoms with van der Waals surface area (Å²) in [5.41, 5.74) is 0.829. The Balaban J connectivity index is 1.98. The molecule has 0 spiro atoms. The van der Waals surface area contributed by atoms with Crippen LogP contribution in [0.2, 0.25) is 0 Å². The zero-order chi connectivity index (χ0) is 19.2. The minimum Gasteiger partial charge on any atom is -0.429 e. The van der Waals surface area contributed by atoms with Crippen LogP contribution in [0.1, 0.15) is 19.4 Å². The van der Waals surface area contributed by atoms with Gasteiger partial charge in [-0.15, -0.1) is 0 Å². The third-order valence-electron chi connectivity index (χ3n) is 3.16. The Kier molecular flexibility index (Phi) is 10.5. The second-order valence-corrected chi connectivity index (χ2v) is 5.72. The van der Waals surface area contributed by atoms with Crippen molar-refractivity contribution < 1.29 is 28.6 Å². The Hall–Kier alpha value is -2.61. The van der Waals surface area contributed by atoms with Gasteiger partial charge >= 0.3 is 6.16 Å². The minimum absolute atomic E-state index is 0.0294. The lowest BCUT2D eigenvalue weighted by Gasteiger charge is -2.09. The summed E-state index contributed by atoms with van der Waals surface area (Å²) in [5, 5.41) is 5.26. The van der Waals surface area contributed by atoms with Crippen molar-refractivity contribution in [3.63, 3.8) is 0 Å². The third kappa shape index (κ3) is 10.3. The second kappa shape index (κ2) is 12.7. The molecule has 1 rings (SSSR count). The van der Waals surface area contributed by atoms with Crippen molar-refractivity contribution >= 4 is 18.0 Å². The van der Waals surface area contributed by atoms with E-state index in [1.165, 1.54) is 0 Å². The molecule has 144 valence electrons. The number of hydrogen-bond acceptors (Lipinski definition) is 6. The van der Waals surface area contributed by atoms with Gasteiger partial charge in [0.2, 0.25) is 5.91 Å². The molecule has 8 nitrogen and oxygen atoms in total. The highest BCUT2D eigenvalue weighted by atomic mass is 16.7. The normalized spacial score (nSPS) is 10.3. The van der Waals surface area contributed by atoms with Crippen LogP contribution in [-0.2, 0) is 30.4 Å². The Bertz CT molecular complexity index is 562. The Labute approximate surface area is 153 Å². The summed E-state index contributed by atoms with van der Waals surface area (Å²) in [5.74, 6) is -0.537. The molecule has 1 aromatic rings. The topological polar surface area (TPSA) is 103 Å². The molecule has 8 heteroatoms. The predicted molar refractivity (Wildman–Crippen MR) is 94.3 cm³/mol. The summed E-state index contributed by atoms with van der Waals surface area (Å²) in [6, 6.07) is 9.15. The maximum absolute atomic E-state index is 11.5. The van der Waals surface area contributed by atoms with Gasteiger partial charge in [-0.2, -0.15) is 0 Å². The lowest BCUT2D eigenvalue weighted by Crippen LogP contribution is -2.33. The van der Waals surface area contributed by atoms with Crippen LogP contribution in [0.5, 0.6) is 0 Å². The van der Waals surface area contributed by atoms with E-state index in [2.05, 4.69) is 10.6 Å². The van der Waals surface area contributed by atoms with Crippen LogP contribution in [0, 0.1) is 5.92 Å². The molecule has 0 aliphatic rings. The molecule has 0 saturated heterocycles. The highest BCUT2D eigenvalue weighted by molar-refractivity contribution is 5.79. The van der Waals surface area contributed by atoms with Crippen molar-refractivity contribution in [2.75, 3.05) is 32.9 Å². The molecule has 0 aliphatic heterocycles. The number of carbonyl (C=O) groups excluding carboxylic acids is 3. The number of amides is 2. The van der Waals surface area contributed by atoms with E-state index in [9.17, 15) is 14.4 Å². The number of hydrogen-bond donors (Lipinski definition) is 2. The van der Waals surface area contributed by atoms with E-state index in [1.807, 2.05) is 44.2 Å². The first kappa shape index (κ1) is 21.4. The minimum atomic E-state index is -0.902. The number of nitrogens with one attached hydrogen (secondary N) is 2. The van der Waals surface area contributed by atoms with Crippen LogP contribution < -0.4 is 10.6 Å². The third-order valence-corrected chi connectivity index (χ3v) is 3.16. The first-order chi connectivity index (χ1) is 12.5. The molecule has 0 atom stereocenters. The van der Waals surface area contributed by atoms with Crippen LogP contribution in [0.25, 0.3) is 0 Å². The fourth-order valence-electron chi connectivity index (χ4n) is 1.75. The smallest absolute Gasteiger partial charge is 0.429 e. The molecule has 0 radical (unpaired) electrons. The molecule has 0 aliphatic carbocycles. The van der Waals surface area contributed by atoms with Crippen LogP contribution in [0.3, 0.4) is 0 Å². The van der Waals surface area contributed by atoms with Crippen molar-refractivity contribution in [1.29, 1.82) is 0 Å². The van der Waals surface area contributed by atoms with E-state index in [1.54, 1.807) is 0 Å². The van der Waals surface area contributed by atoms with E-state index in [0.29, 0.717) is 19.8 Å². The summed E-state index contributed by atoms with van der Waals surface area (Å²) >= 11 is 0.